The number of nitrogens with one attached hydrogen (secondary N) is 1. The Morgan fingerprint density at radius 2 is 1.80 bits per heavy atom. The van der Waals surface area contributed by atoms with E-state index in [-0.39, 0.29) is 27.8 Å². The molecule has 0 aliphatic carbocycles. The maximum absolute atomic E-state index is 13.3. The largest absolute Gasteiger partial charge is 0.384 e. The fourth-order valence-corrected chi connectivity index (χ4v) is 7.93. The van der Waals surface area contributed by atoms with Crippen LogP contribution >= 0.6 is 34.5 Å². The Hall–Kier alpha value is -2.80. The lowest BCUT2D eigenvalue weighted by atomic mass is 9.97. The number of hydrogen-bond donors (Lipinski definition) is 1. The van der Waals surface area contributed by atoms with Crippen LogP contribution < -0.4 is 10.2 Å². The Morgan fingerprint density at radius 3 is 2.51 bits per heavy atom. The van der Waals surface area contributed by atoms with Crippen molar-refractivity contribution in [2.45, 2.75) is 17.1 Å². The molecule has 13 heteroatoms. The lowest BCUT2D eigenvalue weighted by Crippen LogP contribution is -2.42. The summed E-state index contributed by atoms with van der Waals surface area (Å²) >= 11 is 13.2. The minimum Gasteiger partial charge on any atom is -0.384 e. The van der Waals surface area contributed by atoms with Crippen LogP contribution in [0.5, 0.6) is 0 Å². The number of anilines is 2. The molecule has 41 heavy (non-hydrogen) atoms. The van der Waals surface area contributed by atoms with Gasteiger partial charge in [0.2, 0.25) is 5.91 Å². The molecular weight excluding hydrogens is 609 g/mol. The van der Waals surface area contributed by atoms with E-state index in [1.807, 2.05) is 12.1 Å². The summed E-state index contributed by atoms with van der Waals surface area (Å²) in [5, 5.41) is 3.47. The van der Waals surface area contributed by atoms with Crippen LogP contribution in [0.25, 0.3) is 0 Å². The third kappa shape index (κ3) is 6.99. The first-order valence-electron chi connectivity index (χ1n) is 12.9. The van der Waals surface area contributed by atoms with E-state index in [1.165, 1.54) is 24.3 Å². The molecule has 0 atom stereocenters. The summed E-state index contributed by atoms with van der Waals surface area (Å²) in [6.07, 6.45) is -0.147. The molecule has 3 aromatic rings. The van der Waals surface area contributed by atoms with Crippen LogP contribution in [-0.2, 0) is 37.0 Å². The summed E-state index contributed by atoms with van der Waals surface area (Å²) in [5.41, 5.74) is 2.56. The SMILES string of the molecule is O=C(Cc1ccc(N2C(=O)Cc3cc(NCCN4CCOCC4)ccc3C2=O)c(Cl)c1)CS(=O)(=O)c1ccc(Cl)s1. The number of carbonyl (C=O) groups is 3. The number of benzene rings is 2. The Kier molecular flexibility index (Phi) is 9.12. The van der Waals surface area contributed by atoms with Crippen molar-refractivity contribution in [2.24, 2.45) is 0 Å². The molecule has 1 fully saturated rings. The number of nitrogens with zero attached hydrogens (tertiary/aromatic N) is 2. The average molecular weight is 637 g/mol. The molecule has 2 aliphatic rings. The quantitative estimate of drug-likeness (QED) is 0.331. The minimum absolute atomic E-state index is 0.0290. The molecule has 9 nitrogen and oxygen atoms in total. The number of sulfone groups is 1. The average Bonchev–Trinajstić information content (AvgIpc) is 3.37. The van der Waals surface area contributed by atoms with E-state index in [2.05, 4.69) is 10.2 Å². The fraction of sp³-hybridized carbons (Fsp3) is 0.321. The van der Waals surface area contributed by atoms with Gasteiger partial charge in [0.25, 0.3) is 5.91 Å². The molecule has 0 unspecified atom stereocenters. The van der Waals surface area contributed by atoms with Crippen LogP contribution in [0.15, 0.2) is 52.7 Å². The Morgan fingerprint density at radius 1 is 1.02 bits per heavy atom. The third-order valence-corrected chi connectivity index (χ3v) is 10.6. The van der Waals surface area contributed by atoms with Crippen molar-refractivity contribution >= 4 is 73.3 Å². The van der Waals surface area contributed by atoms with Crippen LogP contribution in [-0.4, -0.2) is 76.1 Å². The highest BCUT2D eigenvalue weighted by Crippen LogP contribution is 2.33. The van der Waals surface area contributed by atoms with Crippen LogP contribution in [0.3, 0.4) is 0 Å². The molecule has 2 aromatic carbocycles. The molecule has 0 radical (unpaired) electrons. The van der Waals surface area contributed by atoms with Gasteiger partial charge in [-0.3, -0.25) is 19.3 Å². The number of ether oxygens (including phenoxy) is 1. The second kappa shape index (κ2) is 12.6. The van der Waals surface area contributed by atoms with Crippen LogP contribution in [0.2, 0.25) is 9.36 Å². The third-order valence-electron chi connectivity index (χ3n) is 6.85. The summed E-state index contributed by atoms with van der Waals surface area (Å²) < 4.78 is 30.7. The number of ketones is 1. The number of carbonyl (C=O) groups excluding carboxylic acids is 3. The lowest BCUT2D eigenvalue weighted by Gasteiger charge is -2.28. The number of hydrogen-bond acceptors (Lipinski definition) is 9. The van der Waals surface area contributed by atoms with Gasteiger partial charge in [-0.1, -0.05) is 29.3 Å². The van der Waals surface area contributed by atoms with Gasteiger partial charge in [0, 0.05) is 43.9 Å². The Labute approximate surface area is 251 Å². The van der Waals surface area contributed by atoms with E-state index in [1.54, 1.807) is 12.1 Å². The van der Waals surface area contributed by atoms with Crippen molar-refractivity contribution < 1.29 is 27.5 Å². The van der Waals surface area contributed by atoms with Gasteiger partial charge in [0.1, 0.15) is 9.96 Å². The van der Waals surface area contributed by atoms with Crippen molar-refractivity contribution in [3.63, 3.8) is 0 Å². The van der Waals surface area contributed by atoms with Crippen LogP contribution in [0, 0.1) is 0 Å². The van der Waals surface area contributed by atoms with Gasteiger partial charge in [-0.2, -0.15) is 0 Å². The molecule has 1 N–H and O–H groups in total. The highest BCUT2D eigenvalue weighted by Gasteiger charge is 2.33. The smallest absolute Gasteiger partial charge is 0.265 e. The van der Waals surface area contributed by atoms with Crippen molar-refractivity contribution in [3.8, 4) is 0 Å². The van der Waals surface area contributed by atoms with Gasteiger partial charge >= 0.3 is 0 Å². The Balaban J connectivity index is 1.23. The van der Waals surface area contributed by atoms with Crippen molar-refractivity contribution in [1.29, 1.82) is 0 Å². The van der Waals surface area contributed by atoms with Crippen molar-refractivity contribution in [3.05, 3.63) is 74.6 Å². The maximum atomic E-state index is 13.3. The number of amides is 2. The highest BCUT2D eigenvalue weighted by atomic mass is 35.5. The summed E-state index contributed by atoms with van der Waals surface area (Å²) in [6, 6.07) is 12.7. The summed E-state index contributed by atoms with van der Waals surface area (Å²) in [7, 11) is -3.81. The van der Waals surface area contributed by atoms with Gasteiger partial charge in [-0.05, 0) is 53.6 Å². The molecule has 0 spiro atoms. The van der Waals surface area contributed by atoms with Crippen molar-refractivity contribution in [2.75, 3.05) is 55.4 Å². The molecular formula is C28H27Cl2N3O6S2. The zero-order valence-electron chi connectivity index (χ0n) is 21.9. The number of halogens is 2. The van der Waals surface area contributed by atoms with E-state index < -0.39 is 33.2 Å². The first-order valence-corrected chi connectivity index (χ1v) is 16.2. The predicted octanol–water partition coefficient (Wildman–Crippen LogP) is 4.11. The number of thiophene rings is 1. The van der Waals surface area contributed by atoms with Gasteiger partial charge < -0.3 is 10.1 Å². The zero-order valence-corrected chi connectivity index (χ0v) is 25.0. The number of fused-ring (bicyclic) bond motifs is 1. The summed E-state index contributed by atoms with van der Waals surface area (Å²) in [4.78, 5) is 42.3. The van der Waals surface area contributed by atoms with E-state index >= 15 is 0 Å². The first kappa shape index (κ1) is 29.7. The van der Waals surface area contributed by atoms with Crippen molar-refractivity contribution in [1.82, 2.24) is 4.90 Å². The normalized spacial score (nSPS) is 16.1. The molecule has 0 saturated carbocycles. The zero-order chi connectivity index (χ0) is 29.1. The van der Waals surface area contributed by atoms with E-state index in [9.17, 15) is 22.8 Å². The second-order valence-electron chi connectivity index (χ2n) is 9.78. The number of morpholine rings is 1. The molecule has 0 bridgehead atoms. The Bertz CT molecular complexity index is 1600. The fourth-order valence-electron chi connectivity index (χ4n) is 4.83. The number of Topliss-reactive ketones (excluding diaryl/α,β-unsaturated/α-hetero) is 1. The van der Waals surface area contributed by atoms with E-state index in [0.29, 0.717) is 21.0 Å². The summed E-state index contributed by atoms with van der Waals surface area (Å²) in [5.74, 6) is -2.10. The van der Waals surface area contributed by atoms with E-state index in [4.69, 9.17) is 27.9 Å². The van der Waals surface area contributed by atoms with Gasteiger partial charge in [0.05, 0.1) is 34.7 Å². The molecule has 3 heterocycles. The van der Waals surface area contributed by atoms with Gasteiger partial charge in [-0.25, -0.2) is 13.3 Å². The lowest BCUT2D eigenvalue weighted by molar-refractivity contribution is -0.118. The first-order chi connectivity index (χ1) is 19.6. The standard InChI is InChI=1S/C28H27Cl2N3O6S2/c29-23-14-18(13-21(34)17-41(37,38)27-6-5-25(30)40-27)1-4-24(23)33-26(35)16-19-15-20(2-3-22(19)28(33)36)31-7-8-32-9-11-39-12-10-32/h1-6,14-15,31H,7-13,16-17H2. The molecule has 2 amide bonds. The molecule has 216 valence electrons. The molecule has 1 saturated heterocycles. The van der Waals surface area contributed by atoms with Crippen LogP contribution in [0.4, 0.5) is 11.4 Å². The van der Waals surface area contributed by atoms with Crippen LogP contribution in [0.1, 0.15) is 21.5 Å². The second-order valence-corrected chi connectivity index (χ2v) is 14.1. The number of rotatable bonds is 10. The topological polar surface area (TPSA) is 113 Å². The molecule has 2 aliphatic heterocycles. The van der Waals surface area contributed by atoms with E-state index in [0.717, 1.165) is 61.3 Å². The van der Waals surface area contributed by atoms with Gasteiger partial charge in [0.15, 0.2) is 15.6 Å². The number of imide groups is 1. The predicted molar refractivity (Wildman–Crippen MR) is 159 cm³/mol. The molecule has 1 aromatic heterocycles. The highest BCUT2D eigenvalue weighted by molar-refractivity contribution is 7.94. The van der Waals surface area contributed by atoms with Gasteiger partial charge in [-0.15, -0.1) is 11.3 Å². The maximum Gasteiger partial charge on any atom is 0.265 e. The minimum atomic E-state index is -3.81. The monoisotopic (exact) mass is 635 g/mol. The molecule has 5 rings (SSSR count). The summed E-state index contributed by atoms with van der Waals surface area (Å²) in [6.45, 7) is 4.87.